The Morgan fingerprint density at radius 2 is 1.18 bits per heavy atom. The van der Waals surface area contributed by atoms with Crippen molar-refractivity contribution in [2.75, 3.05) is 0 Å². The molecule has 1 heteroatoms. The molecule has 0 heterocycles. The van der Waals surface area contributed by atoms with Crippen LogP contribution in [-0.2, 0) is 4.79 Å². The van der Waals surface area contributed by atoms with Gasteiger partial charge in [-0.1, -0.05) is 84.0 Å². The third kappa shape index (κ3) is 15.7. The summed E-state index contributed by atoms with van der Waals surface area (Å²) in [5.41, 5.74) is 0. The molecular weight excluding hydrogens is 208 g/mol. The molecule has 0 aromatic carbocycles. The van der Waals surface area contributed by atoms with Crippen LogP contribution in [-0.4, -0.2) is 6.29 Å². The molecule has 0 rings (SSSR count). The minimum atomic E-state index is -1.97. The van der Waals surface area contributed by atoms with Gasteiger partial charge in [-0.05, 0) is 6.40 Å². The normalized spacial score (nSPS) is 15.9. The van der Waals surface area contributed by atoms with E-state index in [0.717, 1.165) is 12.8 Å². The summed E-state index contributed by atoms with van der Waals surface area (Å²) in [5.74, 6) is 0. The van der Waals surface area contributed by atoms with Crippen LogP contribution in [0.1, 0.15) is 101 Å². The van der Waals surface area contributed by atoms with Gasteiger partial charge in [0, 0.05) is 10.5 Å². The van der Waals surface area contributed by atoms with Crippen molar-refractivity contribution in [1.29, 1.82) is 0 Å². The lowest BCUT2D eigenvalue weighted by molar-refractivity contribution is -0.107. The van der Waals surface area contributed by atoms with Crippen molar-refractivity contribution >= 4 is 6.29 Å². The first kappa shape index (κ1) is 11.7. The molecule has 1 atom stereocenters. The van der Waals surface area contributed by atoms with Gasteiger partial charge in [-0.3, -0.25) is 0 Å². The van der Waals surface area contributed by atoms with E-state index < -0.39 is 12.8 Å². The van der Waals surface area contributed by atoms with Crippen LogP contribution >= 0.6 is 0 Å². The summed E-state index contributed by atoms with van der Waals surface area (Å²) in [6.07, 6.45) is 11.6. The van der Waals surface area contributed by atoms with Crippen molar-refractivity contribution in [2.45, 2.75) is 96.7 Å². The molecule has 0 aliphatic heterocycles. The molecule has 1 nitrogen and oxygen atoms in total. The maximum Gasteiger partial charge on any atom is 0.119 e. The van der Waals surface area contributed by atoms with Crippen LogP contribution in [0, 0.1) is 0 Å². The Labute approximate surface area is 113 Å². The fraction of sp³-hybridized carbons (Fsp3) is 0.938. The van der Waals surface area contributed by atoms with E-state index in [9.17, 15) is 4.79 Å². The summed E-state index contributed by atoms with van der Waals surface area (Å²) in [5, 5.41) is 0. The van der Waals surface area contributed by atoms with Crippen LogP contribution in [0.4, 0.5) is 0 Å². The van der Waals surface area contributed by atoms with Crippen molar-refractivity contribution in [1.82, 2.24) is 0 Å². The second kappa shape index (κ2) is 15.7. The molecule has 0 aliphatic carbocycles. The van der Waals surface area contributed by atoms with Gasteiger partial charge in [0.25, 0.3) is 0 Å². The Hall–Kier alpha value is -0.330. The van der Waals surface area contributed by atoms with Gasteiger partial charge in [-0.2, -0.15) is 0 Å². The van der Waals surface area contributed by atoms with E-state index >= 15 is 0 Å². The molecule has 0 amide bonds. The number of carbonyl (C=O) groups excluding carboxylic acids is 1. The highest BCUT2D eigenvalue weighted by molar-refractivity contribution is 5.48. The largest absolute Gasteiger partial charge is 0.303 e. The molecule has 0 fully saturated rings. The van der Waals surface area contributed by atoms with Gasteiger partial charge in [0.05, 0.1) is 0 Å². The molecule has 1 unspecified atom stereocenters. The average Bonchev–Trinajstić information content (AvgIpc) is 2.44. The zero-order valence-corrected chi connectivity index (χ0v) is 11.5. The number of hydrogen-bond acceptors (Lipinski definition) is 1. The van der Waals surface area contributed by atoms with Crippen LogP contribution in [0.25, 0.3) is 0 Å². The van der Waals surface area contributed by atoms with Gasteiger partial charge in [-0.25, -0.2) is 0 Å². The Balaban J connectivity index is 3.27. The fourth-order valence-electron chi connectivity index (χ4n) is 2.04. The number of aldehydes is 1. The molecule has 0 aliphatic rings. The predicted octanol–water partition coefficient (Wildman–Crippen LogP) is 5.67. The smallest absolute Gasteiger partial charge is 0.119 e. The summed E-state index contributed by atoms with van der Waals surface area (Å²) in [6.45, 7) is 2.24. The van der Waals surface area contributed by atoms with E-state index in [4.69, 9.17) is 4.11 Å². The van der Waals surface area contributed by atoms with E-state index in [1.54, 1.807) is 0 Å². The highest BCUT2D eigenvalue weighted by atomic mass is 16.1. The van der Waals surface area contributed by atoms with Gasteiger partial charge in [0.1, 0.15) is 6.29 Å². The maximum absolute atomic E-state index is 10.5. The first-order valence-electron chi connectivity index (χ1n) is 9.01. The van der Waals surface area contributed by atoms with Crippen molar-refractivity contribution in [2.24, 2.45) is 0 Å². The van der Waals surface area contributed by atoms with Crippen molar-refractivity contribution in [3.63, 3.8) is 0 Å². The van der Waals surface area contributed by atoms with Gasteiger partial charge < -0.3 is 4.79 Å². The quantitative estimate of drug-likeness (QED) is 0.284. The number of carbonyl (C=O) groups is 1. The Morgan fingerprint density at radius 1 is 0.765 bits per heavy atom. The van der Waals surface area contributed by atoms with E-state index in [1.807, 2.05) is 0 Å². The topological polar surface area (TPSA) is 17.1 Å². The maximum atomic E-state index is 10.5. The molecule has 0 aromatic rings. The molecule has 0 N–H and O–H groups in total. The lowest BCUT2D eigenvalue weighted by Gasteiger charge is -2.02. The van der Waals surface area contributed by atoms with Crippen LogP contribution in [0.3, 0.4) is 0 Å². The molecule has 0 radical (unpaired) electrons. The number of unbranched alkanes of at least 4 members (excludes halogenated alkanes) is 10. The van der Waals surface area contributed by atoms with Crippen LogP contribution in [0.2, 0.25) is 0 Å². The molecule has 0 saturated heterocycles. The van der Waals surface area contributed by atoms with Gasteiger partial charge in [0.15, 0.2) is 0 Å². The van der Waals surface area contributed by atoms with Crippen LogP contribution < -0.4 is 0 Å². The third-order valence-corrected chi connectivity index (χ3v) is 3.14. The standard InChI is InChI=1S/C16H32O/c1-2-3-4-5-6-7-8-9-10-11-12-13-14-15-16-17/h16H,2-15H2,1H3/i14D,15D2. The third-order valence-electron chi connectivity index (χ3n) is 3.14. The Bertz CT molecular complexity index is 232. The average molecular weight is 243 g/mol. The molecule has 0 spiro atoms. The van der Waals surface area contributed by atoms with E-state index in [1.165, 1.54) is 57.8 Å². The second-order valence-corrected chi connectivity index (χ2v) is 4.81. The van der Waals surface area contributed by atoms with Gasteiger partial charge >= 0.3 is 0 Å². The molecular formula is C16H32O. The van der Waals surface area contributed by atoms with Gasteiger partial charge in [0.2, 0.25) is 0 Å². The lowest BCUT2D eigenvalue weighted by Crippen LogP contribution is -1.83. The Morgan fingerprint density at radius 3 is 1.59 bits per heavy atom. The SMILES string of the molecule is [2H]C(CCCCCCCCCCCCC)C([2H])([2H])C=O. The summed E-state index contributed by atoms with van der Waals surface area (Å²) in [6, 6.07) is 0. The first-order valence-corrected chi connectivity index (χ1v) is 7.43. The second-order valence-electron chi connectivity index (χ2n) is 4.81. The monoisotopic (exact) mass is 243 g/mol. The first-order chi connectivity index (χ1) is 9.54. The van der Waals surface area contributed by atoms with Crippen LogP contribution in [0.15, 0.2) is 0 Å². The lowest BCUT2D eigenvalue weighted by atomic mass is 10.0. The van der Waals surface area contributed by atoms with E-state index in [2.05, 4.69) is 6.92 Å². The summed E-state index contributed by atoms with van der Waals surface area (Å²) in [7, 11) is 0. The minimum Gasteiger partial charge on any atom is -0.303 e. The minimum absolute atomic E-state index is 0.267. The zero-order valence-electron chi connectivity index (χ0n) is 14.5. The number of hydrogen-bond donors (Lipinski definition) is 0. The Kier molecular flexibility index (Phi) is 10.8. The van der Waals surface area contributed by atoms with Gasteiger partial charge in [-0.15, -0.1) is 0 Å². The molecule has 0 bridgehead atoms. The van der Waals surface area contributed by atoms with Crippen LogP contribution in [0.5, 0.6) is 0 Å². The highest BCUT2D eigenvalue weighted by Crippen LogP contribution is 2.12. The highest BCUT2D eigenvalue weighted by Gasteiger charge is 1.93. The summed E-state index contributed by atoms with van der Waals surface area (Å²) in [4.78, 5) is 10.5. The predicted molar refractivity (Wildman–Crippen MR) is 76.4 cm³/mol. The molecule has 0 aromatic heterocycles. The molecule has 102 valence electrons. The summed E-state index contributed by atoms with van der Waals surface area (Å²) >= 11 is 0. The van der Waals surface area contributed by atoms with E-state index in [-0.39, 0.29) is 6.29 Å². The van der Waals surface area contributed by atoms with Crippen molar-refractivity contribution in [3.8, 4) is 0 Å². The summed E-state index contributed by atoms with van der Waals surface area (Å²) < 4.78 is 22.3. The van der Waals surface area contributed by atoms with Crippen molar-refractivity contribution in [3.05, 3.63) is 0 Å². The fourth-order valence-corrected chi connectivity index (χ4v) is 2.04. The number of rotatable bonds is 14. The van der Waals surface area contributed by atoms with Crippen molar-refractivity contribution < 1.29 is 8.91 Å². The molecule has 0 saturated carbocycles. The van der Waals surface area contributed by atoms with E-state index in [0.29, 0.717) is 6.42 Å². The molecule has 17 heavy (non-hydrogen) atoms. The zero-order chi connectivity index (χ0) is 15.3.